The van der Waals surface area contributed by atoms with Crippen LogP contribution >= 0.6 is 22.9 Å². The minimum absolute atomic E-state index is 0.340. The van der Waals surface area contributed by atoms with E-state index in [0.717, 1.165) is 23.3 Å². The van der Waals surface area contributed by atoms with Crippen molar-refractivity contribution in [3.8, 4) is 0 Å². The molecule has 1 N–H and O–H groups in total. The summed E-state index contributed by atoms with van der Waals surface area (Å²) in [7, 11) is 0. The zero-order valence-corrected chi connectivity index (χ0v) is 8.71. The molecule has 1 heterocycles. The first kappa shape index (κ1) is 9.03. The van der Waals surface area contributed by atoms with Crippen LogP contribution in [0, 0.1) is 0 Å². The maximum atomic E-state index is 10.9. The first-order valence-corrected chi connectivity index (χ1v) is 5.35. The Hall–Kier alpha value is -0.540. The number of carbonyl (C=O) groups is 1. The van der Waals surface area contributed by atoms with E-state index in [1.807, 2.05) is 0 Å². The number of fused-ring (bicyclic) bond motifs is 1. The third-order valence-corrected chi connectivity index (χ3v) is 3.96. The molecule has 13 heavy (non-hydrogen) atoms. The van der Waals surface area contributed by atoms with E-state index in [-0.39, 0.29) is 0 Å². The molecule has 4 heteroatoms. The number of carboxylic acids is 1. The molecule has 0 amide bonds. The van der Waals surface area contributed by atoms with E-state index in [1.165, 1.54) is 11.3 Å². The van der Waals surface area contributed by atoms with Crippen LogP contribution < -0.4 is 0 Å². The second-order valence-electron chi connectivity index (χ2n) is 3.33. The molecule has 0 radical (unpaired) electrons. The molecule has 0 fully saturated rings. The lowest BCUT2D eigenvalue weighted by atomic mass is 10.0. The Morgan fingerprint density at radius 3 is 3.00 bits per heavy atom. The van der Waals surface area contributed by atoms with Crippen LogP contribution in [0.4, 0.5) is 0 Å². The van der Waals surface area contributed by atoms with Gasteiger partial charge in [-0.2, -0.15) is 0 Å². The lowest BCUT2D eigenvalue weighted by molar-refractivity contribution is 0.0696. The molecule has 0 saturated heterocycles. The van der Waals surface area contributed by atoms with Crippen molar-refractivity contribution in [2.75, 3.05) is 0 Å². The molecule has 0 bridgehead atoms. The molecule has 0 spiro atoms. The van der Waals surface area contributed by atoms with Gasteiger partial charge in [0.15, 0.2) is 0 Å². The number of halogens is 1. The maximum absolute atomic E-state index is 10.9. The van der Waals surface area contributed by atoms with Crippen molar-refractivity contribution in [2.24, 2.45) is 0 Å². The molecule has 2 nitrogen and oxygen atoms in total. The van der Waals surface area contributed by atoms with Gasteiger partial charge in [0.25, 0.3) is 0 Å². The Labute approximate surface area is 85.1 Å². The van der Waals surface area contributed by atoms with Crippen molar-refractivity contribution in [2.45, 2.75) is 25.7 Å². The normalized spacial score (nSPS) is 20.3. The summed E-state index contributed by atoms with van der Waals surface area (Å²) in [4.78, 5) is 12.1. The average molecular weight is 217 g/mol. The predicted molar refractivity (Wildman–Crippen MR) is 53.0 cm³/mol. The van der Waals surface area contributed by atoms with Crippen LogP contribution in [-0.4, -0.2) is 11.1 Å². The van der Waals surface area contributed by atoms with Crippen molar-refractivity contribution < 1.29 is 9.90 Å². The zero-order chi connectivity index (χ0) is 9.59. The largest absolute Gasteiger partial charge is 0.478 e. The van der Waals surface area contributed by atoms with Crippen molar-refractivity contribution in [1.82, 2.24) is 0 Å². The van der Waals surface area contributed by atoms with Crippen LogP contribution in [-0.2, 0) is 6.42 Å². The quantitative estimate of drug-likeness (QED) is 0.783. The lowest BCUT2D eigenvalue weighted by Crippen LogP contribution is -2.00. The molecule has 1 atom stereocenters. The van der Waals surface area contributed by atoms with Gasteiger partial charge in [-0.15, -0.1) is 11.3 Å². The van der Waals surface area contributed by atoms with Crippen LogP contribution in [0.25, 0.3) is 0 Å². The number of thiophene rings is 1. The Morgan fingerprint density at radius 1 is 1.69 bits per heavy atom. The van der Waals surface area contributed by atoms with E-state index >= 15 is 0 Å². The van der Waals surface area contributed by atoms with Gasteiger partial charge < -0.3 is 5.11 Å². The molecule has 1 unspecified atom stereocenters. The average Bonchev–Trinajstić information content (AvgIpc) is 2.51. The van der Waals surface area contributed by atoms with Crippen LogP contribution in [0.2, 0.25) is 4.34 Å². The molecular formula is C9H9ClO2S. The Balaban J connectivity index is 2.61. The summed E-state index contributed by atoms with van der Waals surface area (Å²) in [5.74, 6) is -0.541. The number of hydrogen-bond acceptors (Lipinski definition) is 2. The van der Waals surface area contributed by atoms with Gasteiger partial charge in [0.1, 0.15) is 4.34 Å². The SMILES string of the molecule is CC1CCc2sc(Cl)c(C(=O)O)c21. The smallest absolute Gasteiger partial charge is 0.338 e. The first-order valence-electron chi connectivity index (χ1n) is 4.15. The Morgan fingerprint density at radius 2 is 2.38 bits per heavy atom. The molecule has 1 aliphatic carbocycles. The van der Waals surface area contributed by atoms with E-state index in [9.17, 15) is 4.79 Å². The zero-order valence-electron chi connectivity index (χ0n) is 7.13. The van der Waals surface area contributed by atoms with Gasteiger partial charge >= 0.3 is 5.97 Å². The van der Waals surface area contributed by atoms with E-state index < -0.39 is 5.97 Å². The molecule has 1 aliphatic rings. The molecular weight excluding hydrogens is 208 g/mol. The molecule has 70 valence electrons. The fourth-order valence-corrected chi connectivity index (χ4v) is 3.47. The fraction of sp³-hybridized carbons (Fsp3) is 0.444. The molecule has 0 aromatic carbocycles. The highest BCUT2D eigenvalue weighted by molar-refractivity contribution is 7.16. The fourth-order valence-electron chi connectivity index (χ4n) is 1.86. The summed E-state index contributed by atoms with van der Waals surface area (Å²) in [6, 6.07) is 0. The minimum Gasteiger partial charge on any atom is -0.478 e. The maximum Gasteiger partial charge on any atom is 0.338 e. The molecule has 1 aromatic rings. The predicted octanol–water partition coefficient (Wildman–Crippen LogP) is 3.15. The number of aryl methyl sites for hydroxylation is 1. The second-order valence-corrected chi connectivity index (χ2v) is 5.04. The van der Waals surface area contributed by atoms with Gasteiger partial charge in [-0.3, -0.25) is 0 Å². The molecule has 1 aromatic heterocycles. The minimum atomic E-state index is -0.892. The summed E-state index contributed by atoms with van der Waals surface area (Å²) in [5.41, 5.74) is 1.31. The summed E-state index contributed by atoms with van der Waals surface area (Å²) >= 11 is 7.28. The molecule has 0 saturated carbocycles. The van der Waals surface area contributed by atoms with Crippen LogP contribution in [0.15, 0.2) is 0 Å². The lowest BCUT2D eigenvalue weighted by Gasteiger charge is -2.02. The van der Waals surface area contributed by atoms with E-state index in [1.54, 1.807) is 0 Å². The number of carboxylic acid groups (broad SMARTS) is 1. The van der Waals surface area contributed by atoms with E-state index in [0.29, 0.717) is 15.8 Å². The summed E-state index contributed by atoms with van der Waals surface area (Å²) in [6.45, 7) is 2.06. The van der Waals surface area contributed by atoms with Gasteiger partial charge in [-0.25, -0.2) is 4.79 Å². The van der Waals surface area contributed by atoms with E-state index in [2.05, 4.69) is 6.92 Å². The highest BCUT2D eigenvalue weighted by Crippen LogP contribution is 2.44. The van der Waals surface area contributed by atoms with Gasteiger partial charge in [0.05, 0.1) is 5.56 Å². The molecule has 2 rings (SSSR count). The summed E-state index contributed by atoms with van der Waals surface area (Å²) in [6.07, 6.45) is 2.03. The highest BCUT2D eigenvalue weighted by atomic mass is 35.5. The van der Waals surface area contributed by atoms with Gasteiger partial charge in [0, 0.05) is 4.88 Å². The van der Waals surface area contributed by atoms with Crippen LogP contribution in [0.5, 0.6) is 0 Å². The Kier molecular flexibility index (Phi) is 2.08. The third-order valence-electron chi connectivity index (χ3n) is 2.49. The van der Waals surface area contributed by atoms with Crippen LogP contribution in [0.1, 0.15) is 40.1 Å². The monoisotopic (exact) mass is 216 g/mol. The van der Waals surface area contributed by atoms with Crippen molar-refractivity contribution in [3.63, 3.8) is 0 Å². The number of rotatable bonds is 1. The topological polar surface area (TPSA) is 37.3 Å². The van der Waals surface area contributed by atoms with Gasteiger partial charge in [0.2, 0.25) is 0 Å². The number of hydrogen-bond donors (Lipinski definition) is 1. The third kappa shape index (κ3) is 1.27. The summed E-state index contributed by atoms with van der Waals surface area (Å²) < 4.78 is 0.434. The summed E-state index contributed by atoms with van der Waals surface area (Å²) in [5, 5.41) is 8.96. The van der Waals surface area contributed by atoms with Crippen molar-refractivity contribution >= 4 is 28.9 Å². The van der Waals surface area contributed by atoms with Gasteiger partial charge in [-0.1, -0.05) is 18.5 Å². The van der Waals surface area contributed by atoms with E-state index in [4.69, 9.17) is 16.7 Å². The van der Waals surface area contributed by atoms with Crippen molar-refractivity contribution in [1.29, 1.82) is 0 Å². The number of aromatic carboxylic acids is 1. The van der Waals surface area contributed by atoms with Crippen molar-refractivity contribution in [3.05, 3.63) is 20.3 Å². The second kappa shape index (κ2) is 3.00. The highest BCUT2D eigenvalue weighted by Gasteiger charge is 2.29. The first-order chi connectivity index (χ1) is 6.11. The molecule has 0 aliphatic heterocycles. The Bertz CT molecular complexity index is 370. The standard InChI is InChI=1S/C9H9ClO2S/c1-4-2-3-5-6(4)7(9(11)12)8(10)13-5/h4H,2-3H2,1H3,(H,11,12). The van der Waals surface area contributed by atoms with Crippen LogP contribution in [0.3, 0.4) is 0 Å². The van der Waals surface area contributed by atoms with Gasteiger partial charge in [-0.05, 0) is 24.3 Å².